The standard InChI is InChI=1S/C13H10ClF2N5O/c1-6-8(5-17)11-19-10(14)2-9(21(11)20-6)12(22)18-7-3-13(15,16)4-7/h2,7H,3-4H2,1H3,(H,18,22). The Morgan fingerprint density at radius 2 is 2.27 bits per heavy atom. The molecule has 0 spiro atoms. The number of amides is 1. The third-order valence-electron chi connectivity index (χ3n) is 3.50. The third-order valence-corrected chi connectivity index (χ3v) is 3.70. The summed E-state index contributed by atoms with van der Waals surface area (Å²) in [5, 5.41) is 15.7. The van der Waals surface area contributed by atoms with E-state index < -0.39 is 17.9 Å². The van der Waals surface area contributed by atoms with E-state index in [0.717, 1.165) is 0 Å². The van der Waals surface area contributed by atoms with Gasteiger partial charge in [-0.15, -0.1) is 0 Å². The predicted octanol–water partition coefficient (Wildman–Crippen LogP) is 2.09. The molecule has 1 saturated carbocycles. The molecule has 0 bridgehead atoms. The predicted molar refractivity (Wildman–Crippen MR) is 72.9 cm³/mol. The van der Waals surface area contributed by atoms with E-state index in [1.54, 1.807) is 6.92 Å². The molecule has 0 radical (unpaired) electrons. The highest BCUT2D eigenvalue weighted by molar-refractivity contribution is 6.29. The van der Waals surface area contributed by atoms with Gasteiger partial charge in [-0.2, -0.15) is 10.4 Å². The maximum Gasteiger partial charge on any atom is 0.270 e. The molecule has 22 heavy (non-hydrogen) atoms. The highest BCUT2D eigenvalue weighted by atomic mass is 35.5. The van der Waals surface area contributed by atoms with Gasteiger partial charge in [0.1, 0.15) is 22.5 Å². The minimum atomic E-state index is -2.72. The van der Waals surface area contributed by atoms with Gasteiger partial charge in [-0.05, 0) is 6.92 Å². The second-order valence-electron chi connectivity index (χ2n) is 5.21. The molecule has 0 atom stereocenters. The van der Waals surface area contributed by atoms with Gasteiger partial charge in [0, 0.05) is 24.9 Å². The van der Waals surface area contributed by atoms with E-state index in [-0.39, 0.29) is 34.9 Å². The zero-order valence-corrected chi connectivity index (χ0v) is 12.2. The molecular formula is C13H10ClF2N5O. The van der Waals surface area contributed by atoms with Crippen LogP contribution in [0, 0.1) is 18.3 Å². The number of fused-ring (bicyclic) bond motifs is 1. The van der Waals surface area contributed by atoms with Crippen molar-refractivity contribution in [3.8, 4) is 6.07 Å². The summed E-state index contributed by atoms with van der Waals surface area (Å²) in [5.41, 5.74) is 0.833. The molecule has 0 aromatic carbocycles. The highest BCUT2D eigenvalue weighted by Gasteiger charge is 2.46. The Balaban J connectivity index is 1.97. The Labute approximate surface area is 128 Å². The Morgan fingerprint density at radius 1 is 1.59 bits per heavy atom. The van der Waals surface area contributed by atoms with Crippen LogP contribution in [0.5, 0.6) is 0 Å². The number of nitriles is 1. The molecule has 6 nitrogen and oxygen atoms in total. The van der Waals surface area contributed by atoms with Crippen LogP contribution in [0.25, 0.3) is 5.65 Å². The smallest absolute Gasteiger partial charge is 0.270 e. The summed E-state index contributed by atoms with van der Waals surface area (Å²) in [5.74, 6) is -3.30. The lowest BCUT2D eigenvalue weighted by Crippen LogP contribution is -2.50. The lowest BCUT2D eigenvalue weighted by molar-refractivity contribution is -0.0901. The van der Waals surface area contributed by atoms with Gasteiger partial charge < -0.3 is 5.32 Å². The van der Waals surface area contributed by atoms with Gasteiger partial charge in [-0.1, -0.05) is 11.6 Å². The van der Waals surface area contributed by atoms with Crippen LogP contribution in [0.3, 0.4) is 0 Å². The number of carbonyl (C=O) groups excluding carboxylic acids is 1. The molecule has 1 aliphatic rings. The highest BCUT2D eigenvalue weighted by Crippen LogP contribution is 2.37. The molecule has 0 unspecified atom stereocenters. The second-order valence-corrected chi connectivity index (χ2v) is 5.59. The van der Waals surface area contributed by atoms with Crippen LogP contribution < -0.4 is 5.32 Å². The number of nitrogens with zero attached hydrogens (tertiary/aromatic N) is 4. The van der Waals surface area contributed by atoms with Crippen molar-refractivity contribution in [1.82, 2.24) is 19.9 Å². The largest absolute Gasteiger partial charge is 0.348 e. The molecule has 0 saturated heterocycles. The van der Waals surface area contributed by atoms with Crippen LogP contribution in [0.4, 0.5) is 8.78 Å². The van der Waals surface area contributed by atoms with E-state index in [1.165, 1.54) is 10.6 Å². The summed E-state index contributed by atoms with van der Waals surface area (Å²) < 4.78 is 26.8. The van der Waals surface area contributed by atoms with Gasteiger partial charge in [0.15, 0.2) is 5.65 Å². The first-order valence-electron chi connectivity index (χ1n) is 6.45. The van der Waals surface area contributed by atoms with Crippen molar-refractivity contribution >= 4 is 23.2 Å². The Morgan fingerprint density at radius 3 is 2.86 bits per heavy atom. The first kappa shape index (κ1) is 14.7. The fourth-order valence-corrected chi connectivity index (χ4v) is 2.59. The van der Waals surface area contributed by atoms with Crippen molar-refractivity contribution in [2.45, 2.75) is 31.7 Å². The number of hydrogen-bond acceptors (Lipinski definition) is 4. The van der Waals surface area contributed by atoms with E-state index in [2.05, 4.69) is 15.4 Å². The summed E-state index contributed by atoms with van der Waals surface area (Å²) in [6, 6.07) is 2.65. The Bertz CT molecular complexity index is 818. The minimum Gasteiger partial charge on any atom is -0.348 e. The van der Waals surface area contributed by atoms with Crippen LogP contribution in [0.2, 0.25) is 5.15 Å². The van der Waals surface area contributed by atoms with Crippen molar-refractivity contribution in [2.75, 3.05) is 0 Å². The summed E-state index contributed by atoms with van der Waals surface area (Å²) >= 11 is 5.87. The second kappa shape index (κ2) is 4.88. The van der Waals surface area contributed by atoms with Gasteiger partial charge in [-0.3, -0.25) is 4.79 Å². The maximum atomic E-state index is 12.8. The summed E-state index contributed by atoms with van der Waals surface area (Å²) in [7, 11) is 0. The lowest BCUT2D eigenvalue weighted by atomic mass is 9.88. The summed E-state index contributed by atoms with van der Waals surface area (Å²) in [6.07, 6.45) is -0.773. The Hall–Kier alpha value is -2.27. The quantitative estimate of drug-likeness (QED) is 0.857. The van der Waals surface area contributed by atoms with E-state index in [1.807, 2.05) is 6.07 Å². The Kier molecular flexibility index (Phi) is 3.25. The number of rotatable bonds is 2. The first-order valence-corrected chi connectivity index (χ1v) is 6.83. The van der Waals surface area contributed by atoms with Crippen LogP contribution in [0.1, 0.15) is 34.6 Å². The van der Waals surface area contributed by atoms with E-state index in [0.29, 0.717) is 5.69 Å². The molecule has 2 heterocycles. The van der Waals surface area contributed by atoms with Gasteiger partial charge >= 0.3 is 0 Å². The van der Waals surface area contributed by atoms with Crippen LogP contribution in [0.15, 0.2) is 6.07 Å². The average molecular weight is 326 g/mol. The number of alkyl halides is 2. The van der Waals surface area contributed by atoms with Gasteiger partial charge in [0.05, 0.1) is 5.69 Å². The molecule has 1 N–H and O–H groups in total. The van der Waals surface area contributed by atoms with Crippen molar-refractivity contribution < 1.29 is 13.6 Å². The molecule has 1 fully saturated rings. The van der Waals surface area contributed by atoms with E-state index in [9.17, 15) is 13.6 Å². The monoisotopic (exact) mass is 325 g/mol. The van der Waals surface area contributed by atoms with Crippen molar-refractivity contribution in [3.05, 3.63) is 28.2 Å². The third kappa shape index (κ3) is 2.37. The fraction of sp³-hybridized carbons (Fsp3) is 0.385. The molecular weight excluding hydrogens is 316 g/mol. The van der Waals surface area contributed by atoms with E-state index >= 15 is 0 Å². The fourth-order valence-electron chi connectivity index (χ4n) is 2.41. The van der Waals surface area contributed by atoms with Gasteiger partial charge in [0.25, 0.3) is 11.8 Å². The lowest BCUT2D eigenvalue weighted by Gasteiger charge is -2.35. The molecule has 9 heteroatoms. The first-order chi connectivity index (χ1) is 10.3. The van der Waals surface area contributed by atoms with Gasteiger partial charge in [-0.25, -0.2) is 18.3 Å². The van der Waals surface area contributed by atoms with Crippen molar-refractivity contribution in [2.24, 2.45) is 0 Å². The van der Waals surface area contributed by atoms with E-state index in [4.69, 9.17) is 16.9 Å². The number of aromatic nitrogens is 3. The van der Waals surface area contributed by atoms with Gasteiger partial charge in [0.2, 0.25) is 0 Å². The molecule has 1 amide bonds. The molecule has 0 aliphatic heterocycles. The van der Waals surface area contributed by atoms with Crippen molar-refractivity contribution in [3.63, 3.8) is 0 Å². The molecule has 2 aromatic heterocycles. The normalized spacial score (nSPS) is 17.0. The zero-order valence-electron chi connectivity index (χ0n) is 11.4. The van der Waals surface area contributed by atoms with Crippen LogP contribution in [-0.4, -0.2) is 32.5 Å². The zero-order chi connectivity index (χ0) is 16.1. The summed E-state index contributed by atoms with van der Waals surface area (Å²) in [4.78, 5) is 16.2. The number of halogens is 3. The SMILES string of the molecule is Cc1nn2c(C(=O)NC3CC(F)(F)C3)cc(Cl)nc2c1C#N. The molecule has 1 aliphatic carbocycles. The molecule has 3 rings (SSSR count). The number of hydrogen-bond donors (Lipinski definition) is 1. The minimum absolute atomic E-state index is 0.0213. The maximum absolute atomic E-state index is 12.8. The van der Waals surface area contributed by atoms with Crippen molar-refractivity contribution in [1.29, 1.82) is 5.26 Å². The van der Waals surface area contributed by atoms with Crippen LogP contribution in [-0.2, 0) is 0 Å². The average Bonchev–Trinajstić information content (AvgIpc) is 2.70. The number of carbonyl (C=O) groups is 1. The van der Waals surface area contributed by atoms with Crippen LogP contribution >= 0.6 is 11.6 Å². The summed E-state index contributed by atoms with van der Waals surface area (Å²) in [6.45, 7) is 1.61. The topological polar surface area (TPSA) is 83.1 Å². The number of aryl methyl sites for hydroxylation is 1. The molecule has 114 valence electrons. The number of nitrogens with one attached hydrogen (secondary N) is 1. The molecule has 2 aromatic rings.